The van der Waals surface area contributed by atoms with Crippen molar-refractivity contribution in [2.75, 3.05) is 20.2 Å². The van der Waals surface area contributed by atoms with Gasteiger partial charge in [-0.15, -0.1) is 0 Å². The first-order valence-electron chi connectivity index (χ1n) is 9.42. The molecule has 2 aliphatic heterocycles. The Morgan fingerprint density at radius 1 is 1.18 bits per heavy atom. The van der Waals surface area contributed by atoms with Crippen molar-refractivity contribution in [2.45, 2.75) is 42.8 Å². The highest BCUT2D eigenvalue weighted by molar-refractivity contribution is 7.89. The third-order valence-corrected chi connectivity index (χ3v) is 6.99. The SMILES string of the molecule is CN(CC1CCCO1)S(=O)(=O)c1ccc(CC2(C)N=c3ccncc3=N2)cc1. The summed E-state index contributed by atoms with van der Waals surface area (Å²) in [6.07, 6.45) is 5.89. The summed E-state index contributed by atoms with van der Waals surface area (Å²) in [7, 11) is -1.93. The molecule has 28 heavy (non-hydrogen) atoms. The molecule has 0 radical (unpaired) electrons. The van der Waals surface area contributed by atoms with Crippen LogP contribution in [-0.2, 0) is 21.2 Å². The average molecular weight is 401 g/mol. The maximum atomic E-state index is 12.8. The van der Waals surface area contributed by atoms with Crippen LogP contribution in [0.4, 0.5) is 0 Å². The lowest BCUT2D eigenvalue weighted by Gasteiger charge is -2.21. The number of pyridine rings is 1. The first-order chi connectivity index (χ1) is 13.4. The number of fused-ring (bicyclic) bond motifs is 1. The second kappa shape index (κ2) is 7.35. The van der Waals surface area contributed by atoms with Crippen LogP contribution in [-0.4, -0.2) is 49.7 Å². The van der Waals surface area contributed by atoms with Gasteiger partial charge in [0, 0.05) is 32.8 Å². The van der Waals surface area contributed by atoms with Crippen molar-refractivity contribution in [2.24, 2.45) is 9.98 Å². The third kappa shape index (κ3) is 3.85. The van der Waals surface area contributed by atoms with Crippen molar-refractivity contribution in [1.82, 2.24) is 9.29 Å². The summed E-state index contributed by atoms with van der Waals surface area (Å²) in [6.45, 7) is 3.06. The summed E-state index contributed by atoms with van der Waals surface area (Å²) >= 11 is 0. The molecule has 2 atom stereocenters. The highest BCUT2D eigenvalue weighted by Gasteiger charge is 2.28. The molecule has 1 aromatic carbocycles. The van der Waals surface area contributed by atoms with E-state index >= 15 is 0 Å². The molecule has 0 spiro atoms. The Balaban J connectivity index is 1.48. The Labute approximate surface area is 164 Å². The first kappa shape index (κ1) is 19.2. The van der Waals surface area contributed by atoms with Gasteiger partial charge in [-0.1, -0.05) is 12.1 Å². The normalized spacial score (nSPS) is 24.0. The Hall–Kier alpha value is -2.16. The molecule has 1 aromatic heterocycles. The van der Waals surface area contributed by atoms with Crippen LogP contribution in [0.5, 0.6) is 0 Å². The Morgan fingerprint density at radius 2 is 1.93 bits per heavy atom. The fraction of sp³-hybridized carbons (Fsp3) is 0.450. The largest absolute Gasteiger partial charge is 0.377 e. The molecule has 8 heteroatoms. The smallest absolute Gasteiger partial charge is 0.242 e. The fourth-order valence-electron chi connectivity index (χ4n) is 3.70. The van der Waals surface area contributed by atoms with Gasteiger partial charge < -0.3 is 4.74 Å². The van der Waals surface area contributed by atoms with Crippen molar-refractivity contribution < 1.29 is 13.2 Å². The Morgan fingerprint density at radius 3 is 2.61 bits per heavy atom. The maximum absolute atomic E-state index is 12.8. The highest BCUT2D eigenvalue weighted by Crippen LogP contribution is 2.23. The Kier molecular flexibility index (Phi) is 5.03. The van der Waals surface area contributed by atoms with Gasteiger partial charge in [-0.2, -0.15) is 4.31 Å². The lowest BCUT2D eigenvalue weighted by Crippen LogP contribution is -2.34. The van der Waals surface area contributed by atoms with Gasteiger partial charge in [0.05, 0.1) is 22.6 Å². The molecular formula is C20H24N4O3S. The van der Waals surface area contributed by atoms with Crippen LogP contribution in [0.25, 0.3) is 0 Å². The highest BCUT2D eigenvalue weighted by atomic mass is 32.2. The van der Waals surface area contributed by atoms with Crippen LogP contribution in [0.1, 0.15) is 25.3 Å². The number of aromatic nitrogens is 1. The molecular weight excluding hydrogens is 376 g/mol. The van der Waals surface area contributed by atoms with E-state index in [0.717, 1.165) is 29.1 Å². The van der Waals surface area contributed by atoms with Gasteiger partial charge in [-0.25, -0.2) is 8.42 Å². The average Bonchev–Trinajstić information content (AvgIpc) is 3.28. The topological polar surface area (TPSA) is 84.2 Å². The molecule has 7 nitrogen and oxygen atoms in total. The number of rotatable bonds is 6. The molecule has 2 unspecified atom stereocenters. The molecule has 0 amide bonds. The van der Waals surface area contributed by atoms with E-state index in [4.69, 9.17) is 4.74 Å². The van der Waals surface area contributed by atoms with Gasteiger partial charge in [-0.3, -0.25) is 15.0 Å². The minimum absolute atomic E-state index is 0.0132. The molecule has 2 aromatic rings. The van der Waals surface area contributed by atoms with E-state index in [9.17, 15) is 8.42 Å². The van der Waals surface area contributed by atoms with Gasteiger partial charge in [-0.05, 0) is 43.5 Å². The second-order valence-corrected chi connectivity index (χ2v) is 9.59. The fourth-order valence-corrected chi connectivity index (χ4v) is 4.90. The number of nitrogens with zero attached hydrogens (tertiary/aromatic N) is 4. The predicted molar refractivity (Wildman–Crippen MR) is 104 cm³/mol. The minimum atomic E-state index is -3.53. The number of hydrogen-bond donors (Lipinski definition) is 0. The van der Waals surface area contributed by atoms with E-state index in [1.165, 1.54) is 4.31 Å². The van der Waals surface area contributed by atoms with Gasteiger partial charge in [0.2, 0.25) is 10.0 Å². The second-order valence-electron chi connectivity index (χ2n) is 7.55. The third-order valence-electron chi connectivity index (χ3n) is 5.16. The number of likely N-dealkylation sites (N-methyl/N-ethyl adjacent to an activating group) is 1. The summed E-state index contributed by atoms with van der Waals surface area (Å²) < 4.78 is 32.6. The van der Waals surface area contributed by atoms with Crippen LogP contribution in [0.3, 0.4) is 0 Å². The van der Waals surface area contributed by atoms with Crippen LogP contribution < -0.4 is 10.7 Å². The van der Waals surface area contributed by atoms with Crippen molar-refractivity contribution in [3.05, 3.63) is 59.0 Å². The van der Waals surface area contributed by atoms with Crippen molar-refractivity contribution in [1.29, 1.82) is 0 Å². The summed E-state index contributed by atoms with van der Waals surface area (Å²) in [5.74, 6) is 0. The van der Waals surface area contributed by atoms with Crippen LogP contribution in [0.2, 0.25) is 0 Å². The van der Waals surface area contributed by atoms with E-state index in [0.29, 0.717) is 19.6 Å². The van der Waals surface area contributed by atoms with E-state index in [2.05, 4.69) is 15.0 Å². The Bertz CT molecular complexity index is 1040. The lowest BCUT2D eigenvalue weighted by molar-refractivity contribution is 0.0979. The summed E-state index contributed by atoms with van der Waals surface area (Å²) in [5, 5.41) is 1.63. The molecule has 3 heterocycles. The number of ether oxygens (including phenoxy) is 1. The zero-order valence-corrected chi connectivity index (χ0v) is 16.9. The summed E-state index contributed by atoms with van der Waals surface area (Å²) in [6, 6.07) is 8.84. The van der Waals surface area contributed by atoms with Gasteiger partial charge in [0.25, 0.3) is 0 Å². The molecule has 4 rings (SSSR count). The predicted octanol–water partition coefficient (Wildman–Crippen LogP) is 1.09. The van der Waals surface area contributed by atoms with E-state index in [1.54, 1.807) is 31.6 Å². The lowest BCUT2D eigenvalue weighted by atomic mass is 10.0. The van der Waals surface area contributed by atoms with Crippen LogP contribution in [0, 0.1) is 0 Å². The van der Waals surface area contributed by atoms with E-state index < -0.39 is 15.7 Å². The van der Waals surface area contributed by atoms with Crippen molar-refractivity contribution in [3.8, 4) is 0 Å². The minimum Gasteiger partial charge on any atom is -0.377 e. The molecule has 0 saturated carbocycles. The molecule has 1 saturated heterocycles. The van der Waals surface area contributed by atoms with E-state index in [1.807, 2.05) is 25.1 Å². The molecule has 0 N–H and O–H groups in total. The molecule has 0 aliphatic carbocycles. The molecule has 148 valence electrons. The maximum Gasteiger partial charge on any atom is 0.242 e. The summed E-state index contributed by atoms with van der Waals surface area (Å²) in [4.78, 5) is 13.7. The number of sulfonamides is 1. The molecule has 0 bridgehead atoms. The van der Waals surface area contributed by atoms with Gasteiger partial charge in [0.15, 0.2) is 5.66 Å². The van der Waals surface area contributed by atoms with Crippen LogP contribution in [0.15, 0.2) is 57.6 Å². The van der Waals surface area contributed by atoms with E-state index in [-0.39, 0.29) is 11.0 Å². The monoisotopic (exact) mass is 400 g/mol. The van der Waals surface area contributed by atoms with Crippen molar-refractivity contribution >= 4 is 10.0 Å². The number of benzene rings is 1. The zero-order chi connectivity index (χ0) is 19.8. The van der Waals surface area contributed by atoms with Crippen LogP contribution >= 0.6 is 0 Å². The molecule has 2 aliphatic rings. The summed E-state index contributed by atoms with van der Waals surface area (Å²) in [5.41, 5.74) is 0.388. The standard InChI is InChI=1S/C20H24N4O3S/c1-20(22-18-9-10-21-13-19(18)23-20)12-15-5-7-17(8-6-15)28(25,26)24(2)14-16-4-3-11-27-16/h5-10,13,16H,3-4,11-12,14H2,1-2H3. The van der Waals surface area contributed by atoms with Gasteiger partial charge >= 0.3 is 0 Å². The van der Waals surface area contributed by atoms with Crippen molar-refractivity contribution in [3.63, 3.8) is 0 Å². The quantitative estimate of drug-likeness (QED) is 0.727. The van der Waals surface area contributed by atoms with Gasteiger partial charge in [0.1, 0.15) is 5.36 Å². The zero-order valence-electron chi connectivity index (χ0n) is 16.1. The number of hydrogen-bond acceptors (Lipinski definition) is 6. The first-order valence-corrected chi connectivity index (χ1v) is 10.9. The molecule has 1 fully saturated rings.